The third-order valence-corrected chi connectivity index (χ3v) is 3.98. The van der Waals surface area contributed by atoms with Crippen LogP contribution in [0.2, 0.25) is 0 Å². The molecule has 1 aliphatic heterocycles. The maximum atomic E-state index is 12.0. The van der Waals surface area contributed by atoms with Crippen LogP contribution in [0.15, 0.2) is 4.99 Å². The molecule has 1 saturated heterocycles. The SMILES string of the molecule is CCNC(=NCCCOCC(F)(F)F)N1CCC(CC(=O)NC)CC1.I. The van der Waals surface area contributed by atoms with Crippen molar-refractivity contribution < 1.29 is 22.7 Å². The molecule has 154 valence electrons. The molecular weight excluding hydrogens is 464 g/mol. The topological polar surface area (TPSA) is 66.0 Å². The number of halogens is 4. The number of guanidine groups is 1. The molecule has 0 saturated carbocycles. The van der Waals surface area contributed by atoms with E-state index in [0.29, 0.717) is 25.3 Å². The second kappa shape index (κ2) is 13.4. The number of piperidine rings is 1. The molecule has 0 aliphatic carbocycles. The normalized spacial score (nSPS) is 16.2. The van der Waals surface area contributed by atoms with Crippen LogP contribution in [0.1, 0.15) is 32.6 Å². The third-order valence-electron chi connectivity index (χ3n) is 3.98. The van der Waals surface area contributed by atoms with Crippen LogP contribution in [-0.2, 0) is 9.53 Å². The number of rotatable bonds is 8. The summed E-state index contributed by atoms with van der Waals surface area (Å²) in [6.07, 6.45) is -1.44. The van der Waals surface area contributed by atoms with Gasteiger partial charge >= 0.3 is 6.18 Å². The van der Waals surface area contributed by atoms with E-state index >= 15 is 0 Å². The van der Waals surface area contributed by atoms with E-state index in [0.717, 1.165) is 38.4 Å². The number of carbonyl (C=O) groups is 1. The van der Waals surface area contributed by atoms with Gasteiger partial charge in [0.2, 0.25) is 5.91 Å². The van der Waals surface area contributed by atoms with Gasteiger partial charge in [-0.25, -0.2) is 0 Å². The van der Waals surface area contributed by atoms with E-state index in [1.54, 1.807) is 7.05 Å². The van der Waals surface area contributed by atoms with Gasteiger partial charge in [-0.15, -0.1) is 24.0 Å². The summed E-state index contributed by atoms with van der Waals surface area (Å²) in [6.45, 7) is 3.57. The lowest BCUT2D eigenvalue weighted by Crippen LogP contribution is -2.46. The third kappa shape index (κ3) is 11.0. The molecule has 0 spiro atoms. The van der Waals surface area contributed by atoms with Gasteiger partial charge in [0.15, 0.2) is 5.96 Å². The standard InChI is InChI=1S/C16H29F3N4O2.HI/c1-3-21-15(22-7-4-10-25-12-16(17,18)19)23-8-5-13(6-9-23)11-14(24)20-2;/h13H,3-12H2,1-2H3,(H,20,24)(H,21,22);1H. The van der Waals surface area contributed by atoms with E-state index in [9.17, 15) is 18.0 Å². The van der Waals surface area contributed by atoms with Gasteiger partial charge in [-0.2, -0.15) is 13.2 Å². The summed E-state index contributed by atoms with van der Waals surface area (Å²) >= 11 is 0. The van der Waals surface area contributed by atoms with Crippen molar-refractivity contribution in [2.24, 2.45) is 10.9 Å². The van der Waals surface area contributed by atoms with Crippen molar-refractivity contribution in [2.75, 3.05) is 46.4 Å². The summed E-state index contributed by atoms with van der Waals surface area (Å²) in [5.74, 6) is 1.23. The summed E-state index contributed by atoms with van der Waals surface area (Å²) in [7, 11) is 1.64. The highest BCUT2D eigenvalue weighted by Crippen LogP contribution is 2.20. The highest BCUT2D eigenvalue weighted by Gasteiger charge is 2.27. The molecule has 0 aromatic rings. The Labute approximate surface area is 170 Å². The van der Waals surface area contributed by atoms with Crippen molar-refractivity contribution >= 4 is 35.8 Å². The molecule has 26 heavy (non-hydrogen) atoms. The number of alkyl halides is 3. The Bertz CT molecular complexity index is 428. The second-order valence-corrected chi connectivity index (χ2v) is 6.06. The van der Waals surface area contributed by atoms with Gasteiger partial charge < -0.3 is 20.3 Å². The van der Waals surface area contributed by atoms with Gasteiger partial charge in [0, 0.05) is 46.3 Å². The first kappa shape index (κ1) is 25.2. The molecule has 1 aliphatic rings. The number of ether oxygens (including phenoxy) is 1. The average molecular weight is 494 g/mol. The second-order valence-electron chi connectivity index (χ2n) is 6.06. The van der Waals surface area contributed by atoms with Crippen molar-refractivity contribution in [3.8, 4) is 0 Å². The molecular formula is C16H30F3IN4O2. The molecule has 2 N–H and O–H groups in total. The smallest absolute Gasteiger partial charge is 0.372 e. The molecule has 10 heteroatoms. The molecule has 6 nitrogen and oxygen atoms in total. The summed E-state index contributed by atoms with van der Waals surface area (Å²) in [4.78, 5) is 18.0. The molecule has 1 heterocycles. The molecule has 0 atom stereocenters. The molecule has 0 aromatic carbocycles. The zero-order valence-electron chi connectivity index (χ0n) is 15.4. The fraction of sp³-hybridized carbons (Fsp3) is 0.875. The van der Waals surface area contributed by atoms with Crippen LogP contribution in [0.25, 0.3) is 0 Å². The van der Waals surface area contributed by atoms with Crippen LogP contribution in [0, 0.1) is 5.92 Å². The van der Waals surface area contributed by atoms with Crippen molar-refractivity contribution in [2.45, 2.75) is 38.8 Å². The maximum Gasteiger partial charge on any atom is 0.411 e. The number of aliphatic imine (C=N–C) groups is 1. The predicted molar refractivity (Wildman–Crippen MR) is 106 cm³/mol. The molecule has 0 bridgehead atoms. The van der Waals surface area contributed by atoms with Crippen LogP contribution in [-0.4, -0.2) is 69.4 Å². The van der Waals surface area contributed by atoms with E-state index < -0.39 is 12.8 Å². The number of nitrogens with zero attached hydrogens (tertiary/aromatic N) is 2. The number of nitrogens with one attached hydrogen (secondary N) is 2. The lowest BCUT2D eigenvalue weighted by atomic mass is 9.93. The van der Waals surface area contributed by atoms with Crippen LogP contribution in [0.5, 0.6) is 0 Å². The highest BCUT2D eigenvalue weighted by atomic mass is 127. The first-order valence-corrected chi connectivity index (χ1v) is 8.74. The highest BCUT2D eigenvalue weighted by molar-refractivity contribution is 14.0. The largest absolute Gasteiger partial charge is 0.411 e. The minimum Gasteiger partial charge on any atom is -0.372 e. The summed E-state index contributed by atoms with van der Waals surface area (Å²) in [6, 6.07) is 0. The van der Waals surface area contributed by atoms with Gasteiger partial charge in [-0.1, -0.05) is 0 Å². The fourth-order valence-electron chi connectivity index (χ4n) is 2.68. The number of hydrogen-bond donors (Lipinski definition) is 2. The quantitative estimate of drug-likeness (QED) is 0.236. The van der Waals surface area contributed by atoms with Crippen molar-refractivity contribution in [1.82, 2.24) is 15.5 Å². The Morgan fingerprint density at radius 2 is 1.96 bits per heavy atom. The van der Waals surface area contributed by atoms with Gasteiger partial charge in [-0.3, -0.25) is 9.79 Å². The zero-order chi connectivity index (χ0) is 18.7. The lowest BCUT2D eigenvalue weighted by Gasteiger charge is -2.34. The first-order valence-electron chi connectivity index (χ1n) is 8.74. The summed E-state index contributed by atoms with van der Waals surface area (Å²) in [5, 5.41) is 5.86. The molecule has 0 aromatic heterocycles. The van der Waals surface area contributed by atoms with Gasteiger partial charge in [0.1, 0.15) is 6.61 Å². The van der Waals surface area contributed by atoms with Crippen molar-refractivity contribution in [3.05, 3.63) is 0 Å². The van der Waals surface area contributed by atoms with Crippen LogP contribution in [0.3, 0.4) is 0 Å². The van der Waals surface area contributed by atoms with Crippen LogP contribution in [0.4, 0.5) is 13.2 Å². The van der Waals surface area contributed by atoms with Gasteiger partial charge in [0.05, 0.1) is 0 Å². The van der Waals surface area contributed by atoms with Crippen LogP contribution >= 0.6 is 24.0 Å². The van der Waals surface area contributed by atoms with Crippen molar-refractivity contribution in [3.63, 3.8) is 0 Å². The Morgan fingerprint density at radius 3 is 2.50 bits per heavy atom. The maximum absolute atomic E-state index is 12.0. The Hall–Kier alpha value is -0.780. The van der Waals surface area contributed by atoms with Gasteiger partial charge in [0.25, 0.3) is 0 Å². The Balaban J connectivity index is 0.00000625. The van der Waals surface area contributed by atoms with Gasteiger partial charge in [-0.05, 0) is 32.1 Å². The molecule has 1 amide bonds. The monoisotopic (exact) mass is 494 g/mol. The first-order chi connectivity index (χ1) is 11.9. The average Bonchev–Trinajstić information content (AvgIpc) is 2.56. The van der Waals surface area contributed by atoms with E-state index in [-0.39, 0.29) is 36.5 Å². The van der Waals surface area contributed by atoms with E-state index in [2.05, 4.69) is 25.3 Å². The number of hydrogen-bond acceptors (Lipinski definition) is 3. The number of amides is 1. The number of carbonyl (C=O) groups excluding carboxylic acids is 1. The van der Waals surface area contributed by atoms with E-state index in [1.165, 1.54) is 0 Å². The molecule has 1 fully saturated rings. The predicted octanol–water partition coefficient (Wildman–Crippen LogP) is 2.39. The fourth-order valence-corrected chi connectivity index (χ4v) is 2.68. The minimum absolute atomic E-state index is 0. The van der Waals surface area contributed by atoms with Crippen molar-refractivity contribution in [1.29, 1.82) is 0 Å². The molecule has 0 unspecified atom stereocenters. The molecule has 1 rings (SSSR count). The zero-order valence-corrected chi connectivity index (χ0v) is 17.7. The lowest BCUT2D eigenvalue weighted by molar-refractivity contribution is -0.173. The van der Waals surface area contributed by atoms with E-state index in [4.69, 9.17) is 0 Å². The Morgan fingerprint density at radius 1 is 1.31 bits per heavy atom. The minimum atomic E-state index is -4.28. The summed E-state index contributed by atoms with van der Waals surface area (Å²) in [5.41, 5.74) is 0. The molecule has 0 radical (unpaired) electrons. The Kier molecular flexibility index (Phi) is 13.0. The summed E-state index contributed by atoms with van der Waals surface area (Å²) < 4.78 is 40.5. The number of likely N-dealkylation sites (tertiary alicyclic amines) is 1. The van der Waals surface area contributed by atoms with Crippen LogP contribution < -0.4 is 10.6 Å². The van der Waals surface area contributed by atoms with E-state index in [1.807, 2.05) is 6.92 Å².